The molecule has 0 aliphatic carbocycles. The Kier molecular flexibility index (Phi) is 8.67. The second-order valence-corrected chi connectivity index (χ2v) is 11.1. The molecule has 8 heteroatoms. The number of fused-ring (bicyclic) bond motifs is 1. The summed E-state index contributed by atoms with van der Waals surface area (Å²) in [4.78, 5) is 44.3. The van der Waals surface area contributed by atoms with Crippen molar-refractivity contribution in [1.82, 2.24) is 9.80 Å². The van der Waals surface area contributed by atoms with Crippen LogP contribution >= 0.6 is 11.8 Å². The number of unbranched alkanes of at least 4 members (excludes halogenated alkanes) is 2. The van der Waals surface area contributed by atoms with Crippen molar-refractivity contribution in [2.24, 2.45) is 11.8 Å². The van der Waals surface area contributed by atoms with Crippen LogP contribution < -0.4 is 0 Å². The molecule has 0 aromatic rings. The highest BCUT2D eigenvalue weighted by molar-refractivity contribution is 8.02. The summed E-state index contributed by atoms with van der Waals surface area (Å²) in [5.74, 6) is -1.51. The van der Waals surface area contributed by atoms with Gasteiger partial charge in [-0.15, -0.1) is 24.9 Å². The number of esters is 1. The van der Waals surface area contributed by atoms with Gasteiger partial charge in [0.25, 0.3) is 0 Å². The van der Waals surface area contributed by atoms with Crippen molar-refractivity contribution in [3.8, 4) is 0 Å². The van der Waals surface area contributed by atoms with E-state index in [0.717, 1.165) is 19.3 Å². The topological polar surface area (TPSA) is 87.1 Å². The monoisotopic (exact) mass is 478 g/mol. The molecule has 33 heavy (non-hydrogen) atoms. The van der Waals surface area contributed by atoms with Crippen LogP contribution in [0.1, 0.15) is 52.4 Å². The largest absolute Gasteiger partial charge is 0.465 e. The normalized spacial score (nSPS) is 29.9. The molecule has 184 valence electrons. The summed E-state index contributed by atoms with van der Waals surface area (Å²) in [5.41, 5.74) is 0. The summed E-state index contributed by atoms with van der Waals surface area (Å²) in [6, 6.07) is -0.618. The molecular formula is C25H38N2O5S. The number of aliphatic hydroxyl groups excluding tert-OH is 1. The van der Waals surface area contributed by atoms with Gasteiger partial charge in [0.05, 0.1) is 23.2 Å². The Morgan fingerprint density at radius 2 is 2.06 bits per heavy atom. The lowest BCUT2D eigenvalue weighted by atomic mass is 9.71. The van der Waals surface area contributed by atoms with E-state index in [-0.39, 0.29) is 42.3 Å². The van der Waals surface area contributed by atoms with Gasteiger partial charge >= 0.3 is 5.97 Å². The number of ether oxygens (including phenoxy) is 1. The van der Waals surface area contributed by atoms with Crippen molar-refractivity contribution in [3.05, 3.63) is 25.3 Å². The van der Waals surface area contributed by atoms with Gasteiger partial charge in [0.2, 0.25) is 11.8 Å². The van der Waals surface area contributed by atoms with Crippen LogP contribution in [0, 0.1) is 11.8 Å². The van der Waals surface area contributed by atoms with Crippen LogP contribution in [0.3, 0.4) is 0 Å². The molecule has 1 spiro atoms. The third-order valence-corrected chi connectivity index (χ3v) is 9.11. The molecule has 2 amide bonds. The van der Waals surface area contributed by atoms with Gasteiger partial charge in [-0.2, -0.15) is 0 Å². The summed E-state index contributed by atoms with van der Waals surface area (Å²) in [5, 5.41) is 9.14. The maximum atomic E-state index is 13.9. The second-order valence-electron chi connectivity index (χ2n) is 9.49. The molecule has 3 aliphatic heterocycles. The Morgan fingerprint density at radius 1 is 1.30 bits per heavy atom. The molecule has 2 bridgehead atoms. The minimum atomic E-state index is -0.591. The first kappa shape index (κ1) is 25.8. The van der Waals surface area contributed by atoms with Crippen molar-refractivity contribution in [2.75, 3.05) is 26.3 Å². The van der Waals surface area contributed by atoms with Crippen molar-refractivity contribution < 1.29 is 24.2 Å². The standard InChI is InChI=1S/C25H38N2O5S/c1-5-7-16-32-24(31)19-18-11-12-25(33-18)20(19)22(29)27(14-9-8-10-15-28)21(25)23(30)26(13-6-2)17(3)4/h5-6,17-21,28H,1-2,7-16H2,3-4H3/t18-,19+,20+,21?,25?/m1/s1. The van der Waals surface area contributed by atoms with E-state index in [4.69, 9.17) is 9.84 Å². The Bertz CT molecular complexity index is 772. The van der Waals surface area contributed by atoms with E-state index in [1.54, 1.807) is 33.7 Å². The van der Waals surface area contributed by atoms with Crippen LogP contribution in [-0.4, -0.2) is 81.1 Å². The quantitative estimate of drug-likeness (QED) is 0.249. The summed E-state index contributed by atoms with van der Waals surface area (Å²) >= 11 is 1.66. The number of carbonyl (C=O) groups excluding carboxylic acids is 3. The van der Waals surface area contributed by atoms with Crippen molar-refractivity contribution in [3.63, 3.8) is 0 Å². The predicted octanol–water partition coefficient (Wildman–Crippen LogP) is 2.78. The minimum Gasteiger partial charge on any atom is -0.465 e. The fraction of sp³-hybridized carbons (Fsp3) is 0.720. The zero-order chi connectivity index (χ0) is 24.2. The molecule has 5 atom stereocenters. The molecule has 3 aliphatic rings. The van der Waals surface area contributed by atoms with Crippen molar-refractivity contribution >= 4 is 29.5 Å². The summed E-state index contributed by atoms with van der Waals surface area (Å²) in [6.45, 7) is 12.7. The van der Waals surface area contributed by atoms with Gasteiger partial charge in [0.1, 0.15) is 6.04 Å². The number of aliphatic hydroxyl groups is 1. The number of hydrogen-bond acceptors (Lipinski definition) is 6. The lowest BCUT2D eigenvalue weighted by molar-refractivity contribution is -0.154. The summed E-state index contributed by atoms with van der Waals surface area (Å²) in [7, 11) is 0. The molecule has 0 radical (unpaired) electrons. The molecule has 3 fully saturated rings. The van der Waals surface area contributed by atoms with E-state index in [9.17, 15) is 14.4 Å². The van der Waals surface area contributed by atoms with Gasteiger partial charge in [0, 0.05) is 31.0 Å². The second kappa shape index (κ2) is 11.1. The molecule has 0 aromatic heterocycles. The number of amides is 2. The van der Waals surface area contributed by atoms with Crippen LogP contribution in [0.25, 0.3) is 0 Å². The van der Waals surface area contributed by atoms with Crippen LogP contribution in [0.2, 0.25) is 0 Å². The van der Waals surface area contributed by atoms with E-state index >= 15 is 0 Å². The van der Waals surface area contributed by atoms with E-state index in [2.05, 4.69) is 13.2 Å². The molecule has 2 unspecified atom stereocenters. The van der Waals surface area contributed by atoms with Gasteiger partial charge in [-0.25, -0.2) is 0 Å². The third-order valence-electron chi connectivity index (χ3n) is 7.16. The average molecular weight is 479 g/mol. The number of rotatable bonds is 13. The molecule has 0 aromatic carbocycles. The smallest absolute Gasteiger partial charge is 0.310 e. The molecule has 3 saturated heterocycles. The number of hydrogen-bond donors (Lipinski definition) is 1. The SMILES string of the molecule is C=CCCOC(=O)[C@@H]1[C@H]2C(=O)N(CCCCCO)C(C(=O)N(CC=C)C(C)C)C23CC[C@H]1S3. The number of likely N-dealkylation sites (tertiary alicyclic amines) is 1. The number of nitrogens with zero attached hydrogens (tertiary/aromatic N) is 2. The van der Waals surface area contributed by atoms with E-state index < -0.39 is 22.6 Å². The average Bonchev–Trinajstić information content (AvgIpc) is 3.42. The van der Waals surface area contributed by atoms with E-state index in [0.29, 0.717) is 32.4 Å². The fourth-order valence-corrected chi connectivity index (χ4v) is 7.90. The molecule has 1 N–H and O–H groups in total. The summed E-state index contributed by atoms with van der Waals surface area (Å²) < 4.78 is 4.92. The highest BCUT2D eigenvalue weighted by Gasteiger charge is 2.74. The van der Waals surface area contributed by atoms with Crippen molar-refractivity contribution in [1.29, 1.82) is 0 Å². The number of carbonyl (C=O) groups is 3. The van der Waals surface area contributed by atoms with Gasteiger partial charge in [0.15, 0.2) is 0 Å². The summed E-state index contributed by atoms with van der Waals surface area (Å²) in [6.07, 6.45) is 7.71. The van der Waals surface area contributed by atoms with Crippen molar-refractivity contribution in [2.45, 2.75) is 74.5 Å². The Balaban J connectivity index is 1.93. The van der Waals surface area contributed by atoms with E-state index in [1.165, 1.54) is 0 Å². The zero-order valence-electron chi connectivity index (χ0n) is 19.9. The first-order valence-electron chi connectivity index (χ1n) is 12.1. The maximum Gasteiger partial charge on any atom is 0.310 e. The van der Waals surface area contributed by atoms with Gasteiger partial charge in [-0.1, -0.05) is 12.2 Å². The molecule has 0 saturated carbocycles. The van der Waals surface area contributed by atoms with E-state index in [1.807, 2.05) is 13.8 Å². The Morgan fingerprint density at radius 3 is 2.70 bits per heavy atom. The Labute approximate surface area is 201 Å². The lowest BCUT2D eigenvalue weighted by Crippen LogP contribution is -2.56. The predicted molar refractivity (Wildman–Crippen MR) is 130 cm³/mol. The highest BCUT2D eigenvalue weighted by Crippen LogP contribution is 2.66. The molecule has 7 nitrogen and oxygen atoms in total. The highest BCUT2D eigenvalue weighted by atomic mass is 32.2. The van der Waals surface area contributed by atoms with Crippen LogP contribution in [0.4, 0.5) is 0 Å². The molecule has 3 heterocycles. The fourth-order valence-electron chi connectivity index (χ4n) is 5.70. The lowest BCUT2D eigenvalue weighted by Gasteiger charge is -2.38. The van der Waals surface area contributed by atoms with Crippen LogP contribution in [0.15, 0.2) is 25.3 Å². The van der Waals surface area contributed by atoms with Crippen LogP contribution in [0.5, 0.6) is 0 Å². The van der Waals surface area contributed by atoms with Gasteiger partial charge in [-0.3, -0.25) is 14.4 Å². The Hall–Kier alpha value is -1.80. The zero-order valence-corrected chi connectivity index (χ0v) is 20.7. The van der Waals surface area contributed by atoms with Gasteiger partial charge < -0.3 is 19.6 Å². The van der Waals surface area contributed by atoms with Crippen LogP contribution in [-0.2, 0) is 19.1 Å². The minimum absolute atomic E-state index is 0.00826. The third kappa shape index (κ3) is 4.74. The first-order chi connectivity index (χ1) is 15.8. The van der Waals surface area contributed by atoms with Gasteiger partial charge in [-0.05, 0) is 52.4 Å². The number of thioether (sulfide) groups is 1. The first-order valence-corrected chi connectivity index (χ1v) is 13.0. The molecule has 3 rings (SSSR count). The maximum absolute atomic E-state index is 13.9. The molecular weight excluding hydrogens is 440 g/mol.